The van der Waals surface area contributed by atoms with Gasteiger partial charge in [0.1, 0.15) is 44.0 Å². The fourth-order valence-corrected chi connectivity index (χ4v) is 11.2. The first kappa shape index (κ1) is 58.1. The molecule has 3 aliphatic rings. The van der Waals surface area contributed by atoms with Crippen LogP contribution in [0.4, 0.5) is 43.8 Å². The Balaban J connectivity index is 0.000000166. The molecule has 0 bridgehead atoms. The maximum atomic E-state index is 12.5. The second kappa shape index (κ2) is 28.2. The summed E-state index contributed by atoms with van der Waals surface area (Å²) in [7, 11) is 0. The van der Waals surface area contributed by atoms with Gasteiger partial charge in [-0.3, -0.25) is 0 Å². The summed E-state index contributed by atoms with van der Waals surface area (Å²) < 4.78 is 82.4. The Hall–Kier alpha value is -5.59. The molecular weight excluding hydrogens is 1050 g/mol. The monoisotopic (exact) mass is 1110 g/mol. The van der Waals surface area contributed by atoms with Crippen molar-refractivity contribution in [3.63, 3.8) is 0 Å². The molecule has 3 saturated heterocycles. The molecule has 6 N–H and O–H groups in total. The normalized spacial score (nSPS) is 15.9. The molecule has 6 aromatic rings. The first-order chi connectivity index (χ1) is 36.5. The van der Waals surface area contributed by atoms with Crippen LogP contribution in [0.3, 0.4) is 0 Å². The zero-order chi connectivity index (χ0) is 54.1. The van der Waals surface area contributed by atoms with E-state index < -0.39 is 12.7 Å². The van der Waals surface area contributed by atoms with Crippen molar-refractivity contribution in [1.82, 2.24) is 29.9 Å². The topological polar surface area (TPSA) is 184 Å². The minimum Gasteiger partial charge on any atom is -0.406 e. The van der Waals surface area contributed by atoms with Crippen LogP contribution in [0, 0.1) is 17.8 Å². The Kier molecular flexibility index (Phi) is 21.5. The summed E-state index contributed by atoms with van der Waals surface area (Å²) in [5.74, 6) is 4.34. The fourth-order valence-electron chi connectivity index (χ4n) is 8.64. The Morgan fingerprint density at radius 1 is 0.500 bits per heavy atom. The van der Waals surface area contributed by atoms with E-state index in [0.717, 1.165) is 119 Å². The first-order valence-corrected chi connectivity index (χ1v) is 27.6. The number of hydrogen-bond acceptors (Lipinski definition) is 17. The Labute approximate surface area is 452 Å². The molecule has 0 amide bonds. The van der Waals surface area contributed by atoms with Gasteiger partial charge in [-0.15, -0.1) is 26.3 Å². The number of para-hydroxylation sites is 1. The van der Waals surface area contributed by atoms with Crippen LogP contribution < -0.4 is 41.4 Å². The molecule has 0 atom stereocenters. The molecule has 14 nitrogen and oxygen atoms in total. The smallest absolute Gasteiger partial charge is 0.406 e. The molecule has 23 heteroatoms. The third-order valence-electron chi connectivity index (χ3n) is 13.0. The molecule has 9 rings (SSSR count). The highest BCUT2D eigenvalue weighted by atomic mass is 32.2. The van der Waals surface area contributed by atoms with Crippen LogP contribution in [0.2, 0.25) is 0 Å². The van der Waals surface area contributed by atoms with Crippen LogP contribution in [0.1, 0.15) is 63.9 Å². The molecule has 6 heterocycles. The van der Waals surface area contributed by atoms with E-state index in [0.29, 0.717) is 56.6 Å². The van der Waals surface area contributed by atoms with Gasteiger partial charge in [0.15, 0.2) is 0 Å². The van der Waals surface area contributed by atoms with Gasteiger partial charge in [-0.05, 0) is 124 Å². The van der Waals surface area contributed by atoms with E-state index in [1.165, 1.54) is 52.6 Å². The number of piperidine rings is 3. The zero-order valence-electron chi connectivity index (χ0n) is 42.4. The lowest BCUT2D eigenvalue weighted by atomic mass is 9.97. The molecule has 3 aromatic heterocycles. The molecule has 408 valence electrons. The molecule has 0 unspecified atom stereocenters. The Bertz CT molecular complexity index is 2670. The summed E-state index contributed by atoms with van der Waals surface area (Å²) in [6.45, 7) is 12.3. The van der Waals surface area contributed by atoms with Gasteiger partial charge in [0.2, 0.25) is 0 Å². The molecule has 3 fully saturated rings. The van der Waals surface area contributed by atoms with Crippen LogP contribution in [0.5, 0.6) is 11.5 Å². The van der Waals surface area contributed by atoms with Crippen LogP contribution in [0.25, 0.3) is 0 Å². The van der Waals surface area contributed by atoms with Crippen molar-refractivity contribution in [2.24, 2.45) is 35.0 Å². The number of rotatable bonds is 15. The number of nitrogens with two attached hydrogens (primary N) is 3. The maximum Gasteiger partial charge on any atom is 0.573 e. The van der Waals surface area contributed by atoms with Crippen molar-refractivity contribution >= 4 is 52.7 Å². The number of halogens is 6. The van der Waals surface area contributed by atoms with Gasteiger partial charge >= 0.3 is 12.7 Å². The van der Waals surface area contributed by atoms with E-state index in [-0.39, 0.29) is 11.5 Å². The van der Waals surface area contributed by atoms with Crippen molar-refractivity contribution in [3.05, 3.63) is 116 Å². The van der Waals surface area contributed by atoms with Gasteiger partial charge in [-0.25, -0.2) is 29.9 Å². The quantitative estimate of drug-likeness (QED) is 0.0825. The summed E-state index contributed by atoms with van der Waals surface area (Å²) in [6, 6.07) is 20.3. The predicted octanol–water partition coefficient (Wildman–Crippen LogP) is 11.3. The predicted molar refractivity (Wildman–Crippen MR) is 287 cm³/mol. The van der Waals surface area contributed by atoms with E-state index in [9.17, 15) is 26.3 Å². The third kappa shape index (κ3) is 18.3. The second-order valence-electron chi connectivity index (χ2n) is 18.7. The molecule has 3 aromatic carbocycles. The number of nitrogens with zero attached hydrogens (tertiary/aromatic N) is 9. The standard InChI is InChI=1S/C19H26N4S.2C17H19F3N4OS/c1-14(2)16-5-3-4-6-17(16)24-19-13-21-18(12-22-19)23-9-7-15(11-20)8-10-23;18-17(19,20)25-13-2-1-3-14(8-13)26-16-11-22-15(10-23-16)24-6-4-12(9-21)5-7-24;18-17(19,20)25-13-3-1-2-4-14(13)26-16-11-22-15(10-23-16)24-7-5-12(9-21)6-8-24/h3-6,12-15H,7-11,20H2,1-2H3;1-3,8,10-12H,4-7,9,21H2;1-4,10-12H,5-9,21H2. The van der Waals surface area contributed by atoms with Gasteiger partial charge in [0.25, 0.3) is 0 Å². The average Bonchev–Trinajstić information content (AvgIpc) is 3.42. The number of hydrogen-bond donors (Lipinski definition) is 3. The largest absolute Gasteiger partial charge is 0.573 e. The van der Waals surface area contributed by atoms with Crippen LogP contribution in [-0.4, -0.2) is 102 Å². The highest BCUT2D eigenvalue weighted by Gasteiger charge is 2.33. The van der Waals surface area contributed by atoms with Gasteiger partial charge in [0, 0.05) is 49.1 Å². The minimum atomic E-state index is -4.73. The second-order valence-corrected chi connectivity index (χ2v) is 21.9. The Morgan fingerprint density at radius 3 is 1.32 bits per heavy atom. The molecule has 3 aliphatic heterocycles. The van der Waals surface area contributed by atoms with E-state index in [1.807, 2.05) is 12.4 Å². The summed E-state index contributed by atoms with van der Waals surface area (Å²) in [4.78, 5) is 35.6. The van der Waals surface area contributed by atoms with E-state index >= 15 is 0 Å². The van der Waals surface area contributed by atoms with E-state index in [2.05, 4.69) is 92.2 Å². The lowest BCUT2D eigenvalue weighted by molar-refractivity contribution is -0.276. The fraction of sp³-hybridized carbons (Fsp3) is 0.434. The summed E-state index contributed by atoms with van der Waals surface area (Å²) >= 11 is 4.01. The van der Waals surface area contributed by atoms with Crippen molar-refractivity contribution < 1.29 is 35.8 Å². The van der Waals surface area contributed by atoms with Crippen molar-refractivity contribution in [2.75, 3.05) is 73.6 Å². The van der Waals surface area contributed by atoms with Gasteiger partial charge < -0.3 is 41.4 Å². The SMILES string of the molecule is CC(C)c1ccccc1Sc1cnc(N2CCC(CN)CC2)cn1.NCC1CCN(c2cnc(Sc3cccc(OC(F)(F)F)c3)cn2)CC1.NCC1CCN(c2cnc(Sc3ccccc3OC(F)(F)F)cn2)CC1. The van der Waals surface area contributed by atoms with Gasteiger partial charge in [-0.1, -0.05) is 85.5 Å². The number of anilines is 3. The number of aromatic nitrogens is 6. The van der Waals surface area contributed by atoms with Crippen molar-refractivity contribution in [3.8, 4) is 11.5 Å². The molecule has 0 aliphatic carbocycles. The lowest BCUT2D eigenvalue weighted by Gasteiger charge is -2.31. The van der Waals surface area contributed by atoms with Gasteiger partial charge in [0.05, 0.1) is 42.1 Å². The minimum absolute atomic E-state index is 0.250. The highest BCUT2D eigenvalue weighted by molar-refractivity contribution is 7.99. The number of ether oxygens (including phenoxy) is 2. The van der Waals surface area contributed by atoms with E-state index in [1.54, 1.807) is 54.7 Å². The summed E-state index contributed by atoms with van der Waals surface area (Å²) in [5, 5.41) is 2.06. The molecule has 0 saturated carbocycles. The number of alkyl halides is 6. The molecule has 0 spiro atoms. The Morgan fingerprint density at radius 2 is 0.908 bits per heavy atom. The van der Waals surface area contributed by atoms with Crippen LogP contribution in [-0.2, 0) is 0 Å². The van der Waals surface area contributed by atoms with Crippen molar-refractivity contribution in [2.45, 2.75) is 101 Å². The number of benzene rings is 3. The highest BCUT2D eigenvalue weighted by Crippen LogP contribution is 2.38. The lowest BCUT2D eigenvalue weighted by Crippen LogP contribution is -2.36. The first-order valence-electron chi connectivity index (χ1n) is 25.2. The summed E-state index contributed by atoms with van der Waals surface area (Å²) in [6.07, 6.45) is 7.34. The maximum absolute atomic E-state index is 12.5. The molecule has 76 heavy (non-hydrogen) atoms. The molecular formula is C53H64F6N12O2S3. The van der Waals surface area contributed by atoms with Gasteiger partial charge in [-0.2, -0.15) is 0 Å². The van der Waals surface area contributed by atoms with Crippen LogP contribution >= 0.6 is 35.3 Å². The molecule has 0 radical (unpaired) electrons. The zero-order valence-corrected chi connectivity index (χ0v) is 44.8. The van der Waals surface area contributed by atoms with E-state index in [4.69, 9.17) is 17.2 Å². The van der Waals surface area contributed by atoms with Crippen LogP contribution in [0.15, 0.2) is 140 Å². The van der Waals surface area contributed by atoms with Crippen molar-refractivity contribution in [1.29, 1.82) is 0 Å². The average molecular weight is 1110 g/mol. The summed E-state index contributed by atoms with van der Waals surface area (Å²) in [5.41, 5.74) is 18.5. The third-order valence-corrected chi connectivity index (χ3v) is 15.9.